The maximum absolute atomic E-state index is 12.4. The van der Waals surface area contributed by atoms with E-state index in [4.69, 9.17) is 5.11 Å². The van der Waals surface area contributed by atoms with E-state index in [1.54, 1.807) is 0 Å². The van der Waals surface area contributed by atoms with Crippen LogP contribution in [0.25, 0.3) is 0 Å². The van der Waals surface area contributed by atoms with E-state index in [0.717, 1.165) is 6.26 Å². The second-order valence-electron chi connectivity index (χ2n) is 4.71. The third kappa shape index (κ3) is 3.88. The Hall–Kier alpha value is -2.39. The molecule has 7 nitrogen and oxygen atoms in total. The molecular formula is C14H13NO6S2. The fraction of sp³-hybridized carbons (Fsp3) is 0.0714. The van der Waals surface area contributed by atoms with Crippen LogP contribution in [0.15, 0.2) is 58.3 Å². The normalized spacial score (nSPS) is 11.9. The maximum Gasteiger partial charge on any atom is 0.335 e. The van der Waals surface area contributed by atoms with Gasteiger partial charge in [-0.25, -0.2) is 21.6 Å². The monoisotopic (exact) mass is 355 g/mol. The van der Waals surface area contributed by atoms with Gasteiger partial charge in [-0.05, 0) is 36.4 Å². The first-order chi connectivity index (χ1) is 10.6. The van der Waals surface area contributed by atoms with E-state index in [-0.39, 0.29) is 21.0 Å². The van der Waals surface area contributed by atoms with Gasteiger partial charge in [0.1, 0.15) is 4.90 Å². The third-order valence-electron chi connectivity index (χ3n) is 2.92. The van der Waals surface area contributed by atoms with E-state index >= 15 is 0 Å². The molecular weight excluding hydrogens is 342 g/mol. The zero-order chi connectivity index (χ0) is 17.3. The second-order valence-corrected chi connectivity index (χ2v) is 8.34. The number of sulfonamides is 1. The van der Waals surface area contributed by atoms with Crippen molar-refractivity contribution >= 4 is 31.5 Å². The van der Waals surface area contributed by atoms with Crippen LogP contribution in [0.5, 0.6) is 0 Å². The first-order valence-electron chi connectivity index (χ1n) is 6.26. The highest BCUT2D eigenvalue weighted by Crippen LogP contribution is 2.23. The Labute approximate surface area is 133 Å². The number of carboxylic acids is 1. The van der Waals surface area contributed by atoms with Crippen molar-refractivity contribution in [3.05, 3.63) is 54.1 Å². The molecule has 0 heterocycles. The second kappa shape index (κ2) is 6.01. The molecule has 0 saturated carbocycles. The summed E-state index contributed by atoms with van der Waals surface area (Å²) in [7, 11) is -7.86. The molecule has 0 spiro atoms. The van der Waals surface area contributed by atoms with E-state index in [1.807, 2.05) is 0 Å². The van der Waals surface area contributed by atoms with Gasteiger partial charge in [-0.3, -0.25) is 4.72 Å². The molecule has 0 unspecified atom stereocenters. The van der Waals surface area contributed by atoms with Crippen molar-refractivity contribution in [2.75, 3.05) is 11.0 Å². The standard InChI is InChI=1S/C14H13NO6S2/c1-22(18,19)12-4-2-3-5-13(12)23(20,21)15-11-8-6-10(7-9-11)14(16)17/h2-9,15H,1H3,(H,16,17). The molecule has 23 heavy (non-hydrogen) atoms. The molecule has 0 bridgehead atoms. The number of benzene rings is 2. The van der Waals surface area contributed by atoms with Gasteiger partial charge in [-0.2, -0.15) is 0 Å². The van der Waals surface area contributed by atoms with Crippen LogP contribution in [0.1, 0.15) is 10.4 Å². The van der Waals surface area contributed by atoms with Crippen molar-refractivity contribution in [2.24, 2.45) is 0 Å². The molecule has 0 aliphatic carbocycles. The lowest BCUT2D eigenvalue weighted by Gasteiger charge is -2.11. The smallest absolute Gasteiger partial charge is 0.335 e. The van der Waals surface area contributed by atoms with Crippen LogP contribution >= 0.6 is 0 Å². The Morgan fingerprint density at radius 2 is 1.43 bits per heavy atom. The number of anilines is 1. The largest absolute Gasteiger partial charge is 0.478 e. The summed E-state index contributed by atoms with van der Waals surface area (Å²) < 4.78 is 50.4. The third-order valence-corrected chi connectivity index (χ3v) is 5.65. The van der Waals surface area contributed by atoms with Gasteiger partial charge in [0.15, 0.2) is 9.84 Å². The van der Waals surface area contributed by atoms with Gasteiger partial charge in [-0.15, -0.1) is 0 Å². The molecule has 122 valence electrons. The van der Waals surface area contributed by atoms with Crippen LogP contribution in [0.4, 0.5) is 5.69 Å². The predicted molar refractivity (Wildman–Crippen MR) is 83.8 cm³/mol. The molecule has 0 fully saturated rings. The van der Waals surface area contributed by atoms with Gasteiger partial charge in [0.25, 0.3) is 10.0 Å². The highest BCUT2D eigenvalue weighted by atomic mass is 32.2. The molecule has 0 aliphatic heterocycles. The van der Waals surface area contributed by atoms with Crippen LogP contribution < -0.4 is 4.72 Å². The fourth-order valence-corrected chi connectivity index (χ4v) is 4.56. The number of carboxylic acid groups (broad SMARTS) is 1. The summed E-state index contributed by atoms with van der Waals surface area (Å²) in [6, 6.07) is 10.3. The topological polar surface area (TPSA) is 118 Å². The number of carbonyl (C=O) groups is 1. The Morgan fingerprint density at radius 3 is 1.91 bits per heavy atom. The summed E-state index contributed by atoms with van der Waals surface area (Å²) >= 11 is 0. The quantitative estimate of drug-likeness (QED) is 0.841. The highest BCUT2D eigenvalue weighted by Gasteiger charge is 2.23. The molecule has 0 amide bonds. The van der Waals surface area contributed by atoms with E-state index in [1.165, 1.54) is 48.5 Å². The van der Waals surface area contributed by atoms with Gasteiger partial charge in [0, 0.05) is 11.9 Å². The highest BCUT2D eigenvalue weighted by molar-refractivity contribution is 7.95. The zero-order valence-corrected chi connectivity index (χ0v) is 13.6. The SMILES string of the molecule is CS(=O)(=O)c1ccccc1S(=O)(=O)Nc1ccc(C(=O)O)cc1. The summed E-state index contributed by atoms with van der Waals surface area (Å²) in [6.45, 7) is 0. The number of aromatic carboxylic acids is 1. The molecule has 2 aromatic carbocycles. The molecule has 9 heteroatoms. The molecule has 0 aromatic heterocycles. The Bertz CT molecular complexity index is 947. The van der Waals surface area contributed by atoms with Crippen LogP contribution in [-0.4, -0.2) is 34.2 Å². The zero-order valence-electron chi connectivity index (χ0n) is 11.9. The summed E-state index contributed by atoms with van der Waals surface area (Å²) in [5.41, 5.74) is 0.128. The average Bonchev–Trinajstić information content (AvgIpc) is 2.46. The van der Waals surface area contributed by atoms with Gasteiger partial charge in [0.2, 0.25) is 0 Å². The Kier molecular flexibility index (Phi) is 4.44. The van der Waals surface area contributed by atoms with Crippen molar-refractivity contribution < 1.29 is 26.7 Å². The Morgan fingerprint density at radius 1 is 0.913 bits per heavy atom. The first kappa shape index (κ1) is 17.0. The van der Waals surface area contributed by atoms with Gasteiger partial charge < -0.3 is 5.11 Å². The number of sulfone groups is 1. The van der Waals surface area contributed by atoms with Gasteiger partial charge >= 0.3 is 5.97 Å². The van der Waals surface area contributed by atoms with Crippen molar-refractivity contribution in [3.8, 4) is 0 Å². The fourth-order valence-electron chi connectivity index (χ4n) is 1.87. The summed E-state index contributed by atoms with van der Waals surface area (Å²) in [5, 5.41) is 8.81. The Balaban J connectivity index is 2.42. The maximum atomic E-state index is 12.4. The lowest BCUT2D eigenvalue weighted by Crippen LogP contribution is -2.16. The first-order valence-corrected chi connectivity index (χ1v) is 9.64. The average molecular weight is 355 g/mol. The van der Waals surface area contributed by atoms with E-state index in [2.05, 4.69) is 4.72 Å². The lowest BCUT2D eigenvalue weighted by molar-refractivity contribution is 0.0697. The van der Waals surface area contributed by atoms with Crippen LogP contribution in [0.2, 0.25) is 0 Å². The van der Waals surface area contributed by atoms with Crippen molar-refractivity contribution in [2.45, 2.75) is 9.79 Å². The van der Waals surface area contributed by atoms with Crippen LogP contribution in [-0.2, 0) is 19.9 Å². The molecule has 0 aliphatic rings. The summed E-state index contributed by atoms with van der Waals surface area (Å²) in [6.07, 6.45) is 0.920. The van der Waals surface area contributed by atoms with E-state index in [0.29, 0.717) is 0 Å². The molecule has 0 radical (unpaired) electrons. The summed E-state index contributed by atoms with van der Waals surface area (Å²) in [4.78, 5) is 10.1. The lowest BCUT2D eigenvalue weighted by atomic mass is 10.2. The van der Waals surface area contributed by atoms with Crippen LogP contribution in [0.3, 0.4) is 0 Å². The molecule has 2 N–H and O–H groups in total. The van der Waals surface area contributed by atoms with Crippen molar-refractivity contribution in [1.82, 2.24) is 0 Å². The van der Waals surface area contributed by atoms with Gasteiger partial charge in [0.05, 0.1) is 10.5 Å². The summed E-state index contributed by atoms with van der Waals surface area (Å²) in [5.74, 6) is -1.14. The number of hydrogen-bond acceptors (Lipinski definition) is 5. The van der Waals surface area contributed by atoms with Gasteiger partial charge in [-0.1, -0.05) is 12.1 Å². The number of hydrogen-bond donors (Lipinski definition) is 2. The minimum absolute atomic E-state index is 0.00415. The van der Waals surface area contributed by atoms with Crippen LogP contribution in [0, 0.1) is 0 Å². The van der Waals surface area contributed by atoms with E-state index < -0.39 is 25.8 Å². The minimum atomic E-state index is -4.14. The molecule has 0 saturated heterocycles. The van der Waals surface area contributed by atoms with Crippen molar-refractivity contribution in [3.63, 3.8) is 0 Å². The molecule has 2 rings (SSSR count). The predicted octanol–water partition coefficient (Wildman–Crippen LogP) is 1.59. The van der Waals surface area contributed by atoms with Crippen molar-refractivity contribution in [1.29, 1.82) is 0 Å². The molecule has 0 atom stereocenters. The number of rotatable bonds is 5. The van der Waals surface area contributed by atoms with E-state index in [9.17, 15) is 21.6 Å². The minimum Gasteiger partial charge on any atom is -0.478 e. The molecule has 2 aromatic rings. The number of nitrogens with one attached hydrogen (secondary N) is 1.